The number of nitrogens with zero attached hydrogens (tertiary/aromatic N) is 3. The summed E-state index contributed by atoms with van der Waals surface area (Å²) in [5.41, 5.74) is 5.00. The summed E-state index contributed by atoms with van der Waals surface area (Å²) in [4.78, 5) is 15.3. The lowest BCUT2D eigenvalue weighted by Crippen LogP contribution is -2.30. The third kappa shape index (κ3) is 5.10. The van der Waals surface area contributed by atoms with Crippen LogP contribution in [0.5, 0.6) is 11.5 Å². The van der Waals surface area contributed by atoms with Gasteiger partial charge in [0.25, 0.3) is 5.91 Å². The van der Waals surface area contributed by atoms with Crippen LogP contribution in [0.25, 0.3) is 16.9 Å². The summed E-state index contributed by atoms with van der Waals surface area (Å²) in [7, 11) is 4.95. The number of likely N-dealkylation sites (N-methyl/N-ethyl adjacent to an activating group) is 1. The first-order chi connectivity index (χ1) is 17.3. The van der Waals surface area contributed by atoms with Gasteiger partial charge in [0.15, 0.2) is 11.5 Å². The van der Waals surface area contributed by atoms with E-state index in [2.05, 4.69) is 5.10 Å². The van der Waals surface area contributed by atoms with Crippen LogP contribution in [0, 0.1) is 19.7 Å². The van der Waals surface area contributed by atoms with Crippen molar-refractivity contribution in [2.45, 2.75) is 20.3 Å². The minimum atomic E-state index is -0.386. The fourth-order valence-corrected chi connectivity index (χ4v) is 4.19. The Morgan fingerprint density at radius 1 is 0.972 bits per heavy atom. The molecule has 4 aromatic rings. The molecule has 0 saturated carbocycles. The highest BCUT2D eigenvalue weighted by Crippen LogP contribution is 2.29. The molecule has 0 atom stereocenters. The van der Waals surface area contributed by atoms with Crippen LogP contribution >= 0.6 is 0 Å². The first-order valence-corrected chi connectivity index (χ1v) is 11.7. The van der Waals surface area contributed by atoms with Gasteiger partial charge < -0.3 is 14.4 Å². The van der Waals surface area contributed by atoms with Crippen LogP contribution in [0.1, 0.15) is 27.2 Å². The smallest absolute Gasteiger partial charge is 0.272 e. The number of aryl methyl sites for hydroxylation is 2. The molecule has 7 heteroatoms. The second-order valence-corrected chi connectivity index (χ2v) is 8.76. The van der Waals surface area contributed by atoms with Gasteiger partial charge in [0.1, 0.15) is 11.5 Å². The standard InChI is InChI=1S/C29H30FN3O3/c1-19-10-12-25(20(2)16-19)33-26(18-24(31-33)22-8-6-7-9-23(22)30)29(34)32(3)15-14-21-11-13-27(35-4)28(17-21)36-5/h6-13,16-18H,14-15H2,1-5H3. The van der Waals surface area contributed by atoms with Gasteiger partial charge in [-0.25, -0.2) is 9.07 Å². The highest BCUT2D eigenvalue weighted by atomic mass is 19.1. The van der Waals surface area contributed by atoms with Crippen molar-refractivity contribution in [1.82, 2.24) is 14.7 Å². The largest absolute Gasteiger partial charge is 0.493 e. The van der Waals surface area contributed by atoms with E-state index in [1.165, 1.54) is 6.07 Å². The van der Waals surface area contributed by atoms with Crippen molar-refractivity contribution in [2.75, 3.05) is 27.8 Å². The van der Waals surface area contributed by atoms with Crippen LogP contribution in [0.15, 0.2) is 66.7 Å². The maximum atomic E-state index is 14.6. The van der Waals surface area contributed by atoms with Crippen molar-refractivity contribution in [3.8, 4) is 28.4 Å². The number of hydrogen-bond acceptors (Lipinski definition) is 4. The fourth-order valence-electron chi connectivity index (χ4n) is 4.19. The molecule has 0 aliphatic heterocycles. The van der Waals surface area contributed by atoms with Crippen molar-refractivity contribution in [2.24, 2.45) is 0 Å². The molecule has 0 spiro atoms. The number of carbonyl (C=O) groups excluding carboxylic acids is 1. The summed E-state index contributed by atoms with van der Waals surface area (Å²) in [6.45, 7) is 4.46. The van der Waals surface area contributed by atoms with E-state index < -0.39 is 0 Å². The molecule has 3 aromatic carbocycles. The minimum Gasteiger partial charge on any atom is -0.493 e. The monoisotopic (exact) mass is 487 g/mol. The first kappa shape index (κ1) is 25.0. The molecule has 0 bridgehead atoms. The Kier molecular flexibility index (Phi) is 7.38. The second kappa shape index (κ2) is 10.6. The molecule has 4 rings (SSSR count). The van der Waals surface area contributed by atoms with E-state index in [0.717, 1.165) is 22.4 Å². The highest BCUT2D eigenvalue weighted by Gasteiger charge is 2.22. The molecular weight excluding hydrogens is 457 g/mol. The zero-order valence-electron chi connectivity index (χ0n) is 21.2. The van der Waals surface area contributed by atoms with Gasteiger partial charge in [0.2, 0.25) is 0 Å². The predicted molar refractivity (Wildman–Crippen MR) is 139 cm³/mol. The van der Waals surface area contributed by atoms with Crippen LogP contribution in [-0.4, -0.2) is 48.4 Å². The average Bonchev–Trinajstić information content (AvgIpc) is 3.31. The van der Waals surface area contributed by atoms with E-state index in [9.17, 15) is 9.18 Å². The number of aromatic nitrogens is 2. The topological polar surface area (TPSA) is 56.6 Å². The lowest BCUT2D eigenvalue weighted by molar-refractivity contribution is 0.0787. The van der Waals surface area contributed by atoms with Gasteiger partial charge in [-0.2, -0.15) is 5.10 Å². The average molecular weight is 488 g/mol. The number of hydrogen-bond donors (Lipinski definition) is 0. The molecular formula is C29H30FN3O3. The van der Waals surface area contributed by atoms with Crippen molar-refractivity contribution in [3.05, 3.63) is 94.9 Å². The van der Waals surface area contributed by atoms with Crippen LogP contribution in [-0.2, 0) is 6.42 Å². The molecule has 1 amide bonds. The SMILES string of the molecule is COc1ccc(CCN(C)C(=O)c2cc(-c3ccccc3F)nn2-c2ccc(C)cc2C)cc1OC. The maximum Gasteiger partial charge on any atom is 0.272 e. The van der Waals surface area contributed by atoms with Gasteiger partial charge in [-0.05, 0) is 67.8 Å². The number of amides is 1. The highest BCUT2D eigenvalue weighted by molar-refractivity contribution is 5.94. The summed E-state index contributed by atoms with van der Waals surface area (Å²) in [5.74, 6) is 0.712. The quantitative estimate of drug-likeness (QED) is 0.323. The third-order valence-corrected chi connectivity index (χ3v) is 6.19. The molecule has 0 saturated heterocycles. The van der Waals surface area contributed by atoms with Crippen molar-refractivity contribution < 1.29 is 18.7 Å². The van der Waals surface area contributed by atoms with Gasteiger partial charge in [-0.3, -0.25) is 4.79 Å². The predicted octanol–water partition coefficient (Wildman–Crippen LogP) is 5.63. The first-order valence-electron chi connectivity index (χ1n) is 11.7. The molecule has 1 heterocycles. The van der Waals surface area contributed by atoms with Crippen LogP contribution < -0.4 is 9.47 Å². The van der Waals surface area contributed by atoms with Gasteiger partial charge in [-0.1, -0.05) is 35.9 Å². The molecule has 0 unspecified atom stereocenters. The fraction of sp³-hybridized carbons (Fsp3) is 0.241. The van der Waals surface area contributed by atoms with Crippen LogP contribution in [0.4, 0.5) is 4.39 Å². The number of carbonyl (C=O) groups is 1. The molecule has 0 aliphatic rings. The number of methoxy groups -OCH3 is 2. The molecule has 0 radical (unpaired) electrons. The molecule has 6 nitrogen and oxygen atoms in total. The van der Waals surface area contributed by atoms with E-state index >= 15 is 0 Å². The molecule has 0 N–H and O–H groups in total. The second-order valence-electron chi connectivity index (χ2n) is 8.76. The molecule has 0 fully saturated rings. The Balaban J connectivity index is 1.66. The molecule has 0 aliphatic carbocycles. The summed E-state index contributed by atoms with van der Waals surface area (Å²) < 4.78 is 26.9. The Morgan fingerprint density at radius 2 is 1.72 bits per heavy atom. The Hall–Kier alpha value is -4.13. The van der Waals surface area contributed by atoms with E-state index in [0.29, 0.717) is 41.4 Å². The Morgan fingerprint density at radius 3 is 2.42 bits per heavy atom. The van der Waals surface area contributed by atoms with Gasteiger partial charge in [0, 0.05) is 19.2 Å². The molecule has 186 valence electrons. The number of halogens is 1. The van der Waals surface area contributed by atoms with E-state index in [-0.39, 0.29) is 11.7 Å². The summed E-state index contributed by atoms with van der Waals surface area (Å²) in [5, 5.41) is 4.66. The normalized spacial score (nSPS) is 10.8. The zero-order valence-corrected chi connectivity index (χ0v) is 21.2. The Labute approximate surface area is 210 Å². The Bertz CT molecular complexity index is 1400. The van der Waals surface area contributed by atoms with Crippen molar-refractivity contribution in [3.63, 3.8) is 0 Å². The van der Waals surface area contributed by atoms with Crippen LogP contribution in [0.3, 0.4) is 0 Å². The third-order valence-electron chi connectivity index (χ3n) is 6.19. The number of rotatable bonds is 8. The zero-order chi connectivity index (χ0) is 25.8. The van der Waals surface area contributed by atoms with Crippen LogP contribution in [0.2, 0.25) is 0 Å². The lowest BCUT2D eigenvalue weighted by Gasteiger charge is -2.19. The minimum absolute atomic E-state index is 0.203. The lowest BCUT2D eigenvalue weighted by atomic mass is 10.1. The summed E-state index contributed by atoms with van der Waals surface area (Å²) in [6.07, 6.45) is 0.625. The van der Waals surface area contributed by atoms with Gasteiger partial charge in [0.05, 0.1) is 25.6 Å². The van der Waals surface area contributed by atoms with Gasteiger partial charge in [-0.15, -0.1) is 0 Å². The maximum absolute atomic E-state index is 14.6. The number of benzene rings is 3. The molecule has 1 aromatic heterocycles. The van der Waals surface area contributed by atoms with E-state index in [1.54, 1.807) is 55.1 Å². The van der Waals surface area contributed by atoms with Crippen molar-refractivity contribution >= 4 is 5.91 Å². The van der Waals surface area contributed by atoms with E-state index in [1.807, 2.05) is 50.2 Å². The summed E-state index contributed by atoms with van der Waals surface area (Å²) >= 11 is 0. The van der Waals surface area contributed by atoms with Crippen molar-refractivity contribution in [1.29, 1.82) is 0 Å². The molecule has 36 heavy (non-hydrogen) atoms. The summed E-state index contributed by atoms with van der Waals surface area (Å²) in [6, 6.07) is 19.8. The van der Waals surface area contributed by atoms with E-state index in [4.69, 9.17) is 9.47 Å². The number of ether oxygens (including phenoxy) is 2. The van der Waals surface area contributed by atoms with Gasteiger partial charge >= 0.3 is 0 Å².